The third-order valence-corrected chi connectivity index (χ3v) is 22.0. The molecule has 4 aliphatic heterocycles. The highest BCUT2D eigenvalue weighted by Crippen LogP contribution is 2.54. The van der Waals surface area contributed by atoms with E-state index in [1.165, 1.54) is 103 Å². The maximum atomic E-state index is 12.2. The Hall–Kier alpha value is -4.78. The van der Waals surface area contributed by atoms with E-state index >= 15 is 0 Å². The lowest BCUT2D eigenvalue weighted by molar-refractivity contribution is 0.206. The molecule has 8 bridgehead atoms. The lowest BCUT2D eigenvalue weighted by Gasteiger charge is -2.33. The summed E-state index contributed by atoms with van der Waals surface area (Å²) in [7, 11) is -8.38. The van der Waals surface area contributed by atoms with Crippen LogP contribution in [0.3, 0.4) is 0 Å². The molecule has 9 rings (SSSR count). The van der Waals surface area contributed by atoms with Crippen LogP contribution in [0, 0.1) is 0 Å². The van der Waals surface area contributed by atoms with E-state index in [1.807, 2.05) is 0 Å². The smallest absolute Gasteiger partial charge is 0.490 e. The molecule has 0 aromatic heterocycles. The van der Waals surface area contributed by atoms with Gasteiger partial charge >= 0.3 is 28.5 Å². The highest BCUT2D eigenvalue weighted by atomic mass is 16.6. The van der Waals surface area contributed by atoms with Gasteiger partial charge < -0.3 is 78.1 Å². The summed E-state index contributed by atoms with van der Waals surface area (Å²) in [5.74, 6) is -0.572. The van der Waals surface area contributed by atoms with Gasteiger partial charge in [-0.3, -0.25) is 0 Å². The highest BCUT2D eigenvalue weighted by molar-refractivity contribution is 6.62. The molecule has 0 fully saturated rings. The summed E-state index contributed by atoms with van der Waals surface area (Å²) in [6, 6.07) is 8.55. The van der Waals surface area contributed by atoms with Crippen LogP contribution in [0.2, 0.25) is 0 Å². The van der Waals surface area contributed by atoms with Crippen LogP contribution in [0.25, 0.3) is 0 Å². The van der Waals surface area contributed by atoms with Crippen LogP contribution < -0.4 is 59.7 Å². The van der Waals surface area contributed by atoms with Gasteiger partial charge in [-0.15, -0.1) is 0 Å². The number of rotatable bonds is 44. The normalized spacial score (nSPS) is 17.3. The monoisotopic (exact) mass is 1380 g/mol. The Morgan fingerprint density at radius 3 is 0.480 bits per heavy atom. The number of benzene rings is 4. The van der Waals surface area contributed by atoms with Crippen molar-refractivity contribution in [1.29, 1.82) is 0 Å². The van der Waals surface area contributed by atoms with Crippen LogP contribution in [0.15, 0.2) is 24.3 Å². The molecule has 4 aromatic rings. The second-order valence-electron chi connectivity index (χ2n) is 29.5. The van der Waals surface area contributed by atoms with Crippen LogP contribution in [0.1, 0.15) is 353 Å². The molecule has 100 heavy (non-hydrogen) atoms. The molecule has 8 N–H and O–H groups in total. The van der Waals surface area contributed by atoms with Crippen molar-refractivity contribution in [3.8, 4) is 46.0 Å². The maximum absolute atomic E-state index is 12.2. The van der Waals surface area contributed by atoms with E-state index in [1.54, 1.807) is 0 Å². The standard InChI is InChI=1S/C80H124B4O16/c1-5-9-13-17-21-25-29-33-37-41-57-61-53-63-58(42-38-34-30-26-22-18-14-10-6-2)65-55-67-60(44-40-36-32-28-24-20-16-12-8-4)68-56-66-59(43-39-35-31-27-23-19-15-11-7-3)64-54-62(57)74-70(82(87)88)76(64)96-48-50-98-78(66)72(84(91)92)80(68)100-52-51-99-79(67)71(83(89)90)77(65)97-49-47-95-75(63)69(81(85)86)73(61)93-45-46-94-74/h53-60,85-92H,5-52H2,1-4H3. The average molecular weight is 1390 g/mol. The Bertz CT molecular complexity index is 2570. The van der Waals surface area contributed by atoms with Crippen LogP contribution >= 0.6 is 0 Å². The predicted octanol–water partition coefficient (Wildman–Crippen LogP) is 14.0. The summed E-state index contributed by atoms with van der Waals surface area (Å²) in [5.41, 5.74) is 5.46. The van der Waals surface area contributed by atoms with Gasteiger partial charge in [-0.25, -0.2) is 0 Å². The fourth-order valence-corrected chi connectivity index (χ4v) is 16.8. The topological polar surface area (TPSA) is 236 Å². The molecule has 0 unspecified atom stereocenters. The molecule has 0 spiro atoms. The minimum atomic E-state index is -2.09. The average Bonchev–Trinajstić information content (AvgIpc) is 1.16. The number of ether oxygens (including phenoxy) is 8. The molecule has 4 heterocycles. The van der Waals surface area contributed by atoms with Gasteiger partial charge in [-0.05, 0) is 49.9 Å². The summed E-state index contributed by atoms with van der Waals surface area (Å²) in [6.07, 6.45) is 41.0. The zero-order valence-electron chi connectivity index (χ0n) is 61.7. The van der Waals surface area contributed by atoms with Gasteiger partial charge in [0.15, 0.2) is 0 Å². The highest BCUT2D eigenvalue weighted by Gasteiger charge is 2.45. The molecule has 0 saturated heterocycles. The lowest BCUT2D eigenvalue weighted by atomic mass is 9.67. The Kier molecular flexibility index (Phi) is 33.5. The second kappa shape index (κ2) is 42.2. The Morgan fingerprint density at radius 1 is 0.220 bits per heavy atom. The number of hydrogen-bond donors (Lipinski definition) is 8. The maximum Gasteiger partial charge on any atom is 0.496 e. The van der Waals surface area contributed by atoms with Crippen molar-refractivity contribution in [2.75, 3.05) is 52.9 Å². The van der Waals surface area contributed by atoms with Crippen LogP contribution in [-0.4, -0.2) is 122 Å². The van der Waals surface area contributed by atoms with Crippen LogP contribution in [0.4, 0.5) is 0 Å². The molecule has 4 aromatic carbocycles. The molecule has 0 radical (unpaired) electrons. The van der Waals surface area contributed by atoms with Crippen molar-refractivity contribution in [2.45, 2.75) is 308 Å². The van der Waals surface area contributed by atoms with E-state index in [0.717, 1.165) is 128 Å². The van der Waals surface area contributed by atoms with Gasteiger partial charge in [0, 0.05) is 68.2 Å². The van der Waals surface area contributed by atoms with E-state index in [9.17, 15) is 40.2 Å². The van der Waals surface area contributed by atoms with Crippen molar-refractivity contribution in [3.05, 3.63) is 68.8 Å². The Morgan fingerprint density at radius 2 is 0.350 bits per heavy atom. The fraction of sp³-hybridized carbons (Fsp3) is 0.700. The molecular formula is C80H124B4O16. The van der Waals surface area contributed by atoms with Gasteiger partial charge in [0.05, 0.1) is 21.9 Å². The summed E-state index contributed by atoms with van der Waals surface area (Å²) >= 11 is 0. The quantitative estimate of drug-likeness (QED) is 0.0152. The summed E-state index contributed by atoms with van der Waals surface area (Å²) < 4.78 is 55.6. The van der Waals surface area contributed by atoms with Gasteiger partial charge in [-0.2, -0.15) is 0 Å². The summed E-state index contributed by atoms with van der Waals surface area (Å²) in [5, 5.41) is 97.9. The first-order valence-electron chi connectivity index (χ1n) is 40.2. The van der Waals surface area contributed by atoms with Crippen molar-refractivity contribution in [1.82, 2.24) is 0 Å². The largest absolute Gasteiger partial charge is 0.496 e. The molecule has 0 saturated carbocycles. The number of hydrogen-bond acceptors (Lipinski definition) is 16. The number of unbranched alkanes of at least 4 members (excludes halogenated alkanes) is 32. The lowest BCUT2D eigenvalue weighted by Crippen LogP contribution is -2.36. The SMILES string of the molecule is CCCCCCCCCCCC1c2cc3c4c(B(O)O)c2OCCOc2c1cc1c(c2B(O)O)OCCOc2c(cc5c(c2B(O)O)OCCOc2c(cc(c(c2B(O)O)OCCO4)C3CCCCCCCCCCC)C5CCCCCCCCCCC)C1CCCCCCCCCCC. The first-order chi connectivity index (χ1) is 48.9. The van der Waals surface area contributed by atoms with Crippen LogP contribution in [-0.2, 0) is 0 Å². The van der Waals surface area contributed by atoms with Crippen LogP contribution in [0.5, 0.6) is 46.0 Å². The Balaban J connectivity index is 1.38. The molecule has 552 valence electrons. The predicted molar refractivity (Wildman–Crippen MR) is 404 cm³/mol. The van der Waals surface area contributed by atoms with E-state index in [-0.39, 0.29) is 121 Å². The molecule has 0 atom stereocenters. The van der Waals surface area contributed by atoms with E-state index in [0.29, 0.717) is 70.2 Å². The van der Waals surface area contributed by atoms with E-state index in [4.69, 9.17) is 37.9 Å². The third kappa shape index (κ3) is 20.8. The molecular weight excluding hydrogens is 1260 g/mol. The first kappa shape index (κ1) is 79.3. The first-order valence-corrected chi connectivity index (χ1v) is 40.2. The van der Waals surface area contributed by atoms with Crippen molar-refractivity contribution >= 4 is 50.3 Å². The minimum Gasteiger partial charge on any atom is -0.490 e. The van der Waals surface area contributed by atoms with E-state index in [2.05, 4.69) is 52.0 Å². The molecule has 1 aliphatic carbocycles. The zero-order valence-corrected chi connectivity index (χ0v) is 61.7. The third-order valence-electron chi connectivity index (χ3n) is 22.0. The molecule has 20 heteroatoms. The molecule has 16 nitrogen and oxygen atoms in total. The van der Waals surface area contributed by atoms with E-state index < -0.39 is 52.1 Å². The fourth-order valence-electron chi connectivity index (χ4n) is 16.8. The van der Waals surface area contributed by atoms with Crippen molar-refractivity contribution in [2.24, 2.45) is 0 Å². The van der Waals surface area contributed by atoms with Crippen molar-refractivity contribution in [3.63, 3.8) is 0 Å². The summed E-state index contributed by atoms with van der Waals surface area (Å²) in [4.78, 5) is 0. The van der Waals surface area contributed by atoms with Gasteiger partial charge in [0.2, 0.25) is 0 Å². The molecule has 5 aliphatic rings. The van der Waals surface area contributed by atoms with Crippen molar-refractivity contribution < 1.29 is 78.1 Å². The summed E-state index contributed by atoms with van der Waals surface area (Å²) in [6.45, 7) is 8.46. The minimum absolute atomic E-state index is 0.0610. The Labute approximate surface area is 601 Å². The zero-order chi connectivity index (χ0) is 70.6. The molecule has 0 amide bonds. The van der Waals surface area contributed by atoms with Gasteiger partial charge in [-0.1, -0.05) is 259 Å². The second-order valence-corrected chi connectivity index (χ2v) is 29.5. The van der Waals surface area contributed by atoms with Gasteiger partial charge in [0.25, 0.3) is 0 Å². The van der Waals surface area contributed by atoms with Gasteiger partial charge in [0.1, 0.15) is 98.9 Å².